The third kappa shape index (κ3) is 2.94. The molecule has 3 aromatic carbocycles. The average molecular weight is 428 g/mol. The standard InChI is InChI=1S/C26H24N2O4/c1-31-20-11-7-18(8-12-20)17-27-25(30)22-5-3-4-6-23(22)28-24(29)15-16-26(27,28)19-9-13-21(32-2)14-10-19/h3-14H,15-17H2,1-2H3. The van der Waals surface area contributed by atoms with Crippen molar-refractivity contribution in [2.45, 2.75) is 25.0 Å². The van der Waals surface area contributed by atoms with Crippen LogP contribution in [0.1, 0.15) is 34.3 Å². The summed E-state index contributed by atoms with van der Waals surface area (Å²) in [7, 11) is 3.25. The van der Waals surface area contributed by atoms with Gasteiger partial charge in [0.15, 0.2) is 0 Å². The van der Waals surface area contributed by atoms with Gasteiger partial charge in [-0.1, -0.05) is 36.4 Å². The zero-order valence-electron chi connectivity index (χ0n) is 18.1. The van der Waals surface area contributed by atoms with E-state index in [9.17, 15) is 9.59 Å². The van der Waals surface area contributed by atoms with Crippen molar-refractivity contribution >= 4 is 17.5 Å². The molecule has 0 aromatic heterocycles. The van der Waals surface area contributed by atoms with Gasteiger partial charge in [0, 0.05) is 19.4 Å². The zero-order valence-corrected chi connectivity index (χ0v) is 18.1. The number of amides is 2. The van der Waals surface area contributed by atoms with Gasteiger partial charge in [-0.05, 0) is 47.5 Å². The molecule has 162 valence electrons. The van der Waals surface area contributed by atoms with Crippen LogP contribution in [0.25, 0.3) is 0 Å². The smallest absolute Gasteiger partial charge is 0.258 e. The minimum absolute atomic E-state index is 0.0144. The van der Waals surface area contributed by atoms with Gasteiger partial charge in [-0.3, -0.25) is 14.5 Å². The van der Waals surface area contributed by atoms with Crippen molar-refractivity contribution in [3.05, 3.63) is 89.5 Å². The maximum Gasteiger partial charge on any atom is 0.258 e. The third-order valence-electron chi connectivity index (χ3n) is 6.43. The molecular weight excluding hydrogens is 404 g/mol. The molecule has 0 bridgehead atoms. The second-order valence-electron chi connectivity index (χ2n) is 8.03. The van der Waals surface area contributed by atoms with Crippen molar-refractivity contribution in [1.82, 2.24) is 4.90 Å². The van der Waals surface area contributed by atoms with E-state index in [2.05, 4.69) is 0 Å². The lowest BCUT2D eigenvalue weighted by molar-refractivity contribution is -0.118. The number of carbonyl (C=O) groups excluding carboxylic acids is 2. The number of carbonyl (C=O) groups is 2. The van der Waals surface area contributed by atoms with Crippen LogP contribution in [-0.4, -0.2) is 30.9 Å². The monoisotopic (exact) mass is 428 g/mol. The fourth-order valence-corrected chi connectivity index (χ4v) is 4.87. The summed E-state index contributed by atoms with van der Waals surface area (Å²) in [5.74, 6) is 1.41. The quantitative estimate of drug-likeness (QED) is 0.607. The van der Waals surface area contributed by atoms with E-state index < -0.39 is 5.66 Å². The molecule has 2 amide bonds. The van der Waals surface area contributed by atoms with Crippen molar-refractivity contribution < 1.29 is 19.1 Å². The third-order valence-corrected chi connectivity index (χ3v) is 6.43. The molecule has 6 nitrogen and oxygen atoms in total. The second-order valence-corrected chi connectivity index (χ2v) is 8.03. The molecule has 0 radical (unpaired) electrons. The number of methoxy groups -OCH3 is 2. The number of anilines is 1. The summed E-state index contributed by atoms with van der Waals surface area (Å²) in [4.78, 5) is 30.7. The Labute approximate surface area is 187 Å². The van der Waals surface area contributed by atoms with Crippen molar-refractivity contribution in [3.63, 3.8) is 0 Å². The number of hydrogen-bond acceptors (Lipinski definition) is 4. The SMILES string of the molecule is COc1ccc(CN2C(=O)c3ccccc3N3C(=O)CCC23c2ccc(OC)cc2)cc1. The largest absolute Gasteiger partial charge is 0.497 e. The molecule has 2 aliphatic heterocycles. The van der Waals surface area contributed by atoms with Crippen molar-refractivity contribution in [2.24, 2.45) is 0 Å². The first-order valence-electron chi connectivity index (χ1n) is 10.6. The maximum absolute atomic E-state index is 13.8. The normalized spacial score (nSPS) is 19.6. The van der Waals surface area contributed by atoms with Crippen LogP contribution in [0.15, 0.2) is 72.8 Å². The Morgan fingerprint density at radius 2 is 1.47 bits per heavy atom. The van der Waals surface area contributed by atoms with Crippen LogP contribution in [0.5, 0.6) is 11.5 Å². The molecule has 1 fully saturated rings. The van der Waals surface area contributed by atoms with Crippen LogP contribution >= 0.6 is 0 Å². The van der Waals surface area contributed by atoms with Crippen molar-refractivity contribution in [2.75, 3.05) is 19.1 Å². The second kappa shape index (κ2) is 7.71. The first kappa shape index (κ1) is 20.1. The topological polar surface area (TPSA) is 59.1 Å². The first-order chi connectivity index (χ1) is 15.6. The molecule has 0 aliphatic carbocycles. The Morgan fingerprint density at radius 1 is 0.844 bits per heavy atom. The molecule has 0 spiro atoms. The summed E-state index contributed by atoms with van der Waals surface area (Å²) in [5.41, 5.74) is 2.17. The van der Waals surface area contributed by atoms with E-state index in [1.54, 1.807) is 20.3 Å². The fraction of sp³-hybridized carbons (Fsp3) is 0.231. The Balaban J connectivity index is 1.69. The van der Waals surface area contributed by atoms with Crippen molar-refractivity contribution in [1.29, 1.82) is 0 Å². The molecule has 2 heterocycles. The summed E-state index contributed by atoms with van der Waals surface area (Å²) in [5, 5.41) is 0. The highest BCUT2D eigenvalue weighted by Gasteiger charge is 2.57. The van der Waals surface area contributed by atoms with E-state index in [-0.39, 0.29) is 11.8 Å². The van der Waals surface area contributed by atoms with Gasteiger partial charge in [-0.25, -0.2) is 0 Å². The van der Waals surface area contributed by atoms with Gasteiger partial charge >= 0.3 is 0 Å². The van der Waals surface area contributed by atoms with E-state index in [1.165, 1.54) is 0 Å². The Morgan fingerprint density at radius 3 is 2.12 bits per heavy atom. The number of nitrogens with zero attached hydrogens (tertiary/aromatic N) is 2. The van der Waals surface area contributed by atoms with E-state index in [1.807, 2.05) is 76.5 Å². The summed E-state index contributed by atoms with van der Waals surface area (Å²) in [6, 6.07) is 22.7. The van der Waals surface area contributed by atoms with E-state index >= 15 is 0 Å². The molecule has 0 saturated carbocycles. The lowest BCUT2D eigenvalue weighted by atomic mass is 9.89. The lowest BCUT2D eigenvalue weighted by Crippen LogP contribution is -2.61. The molecule has 3 aromatic rings. The molecular formula is C26H24N2O4. The fourth-order valence-electron chi connectivity index (χ4n) is 4.87. The van der Waals surface area contributed by atoms with E-state index in [0.717, 1.165) is 22.6 Å². The highest BCUT2D eigenvalue weighted by atomic mass is 16.5. The summed E-state index contributed by atoms with van der Waals surface area (Å²) in [6.07, 6.45) is 0.890. The van der Waals surface area contributed by atoms with E-state index in [0.29, 0.717) is 30.6 Å². The van der Waals surface area contributed by atoms with Gasteiger partial charge in [-0.2, -0.15) is 0 Å². The Kier molecular flexibility index (Phi) is 4.85. The number of rotatable bonds is 5. The molecule has 2 aliphatic rings. The summed E-state index contributed by atoms with van der Waals surface area (Å²) in [6.45, 7) is 0.368. The van der Waals surface area contributed by atoms with Gasteiger partial charge in [0.2, 0.25) is 5.91 Å². The maximum atomic E-state index is 13.8. The molecule has 1 unspecified atom stereocenters. The predicted molar refractivity (Wildman–Crippen MR) is 121 cm³/mol. The number of benzene rings is 3. The first-order valence-corrected chi connectivity index (χ1v) is 10.6. The minimum atomic E-state index is -0.894. The highest BCUT2D eigenvalue weighted by Crippen LogP contribution is 2.50. The van der Waals surface area contributed by atoms with Crippen LogP contribution in [0.2, 0.25) is 0 Å². The number of para-hydroxylation sites is 1. The molecule has 0 N–H and O–H groups in total. The Hall–Kier alpha value is -3.80. The minimum Gasteiger partial charge on any atom is -0.497 e. The van der Waals surface area contributed by atoms with Crippen LogP contribution in [0, 0.1) is 0 Å². The molecule has 32 heavy (non-hydrogen) atoms. The Bertz CT molecular complexity index is 1170. The highest BCUT2D eigenvalue weighted by molar-refractivity contribution is 6.10. The summed E-state index contributed by atoms with van der Waals surface area (Å²) >= 11 is 0. The van der Waals surface area contributed by atoms with Gasteiger partial charge in [0.05, 0.1) is 25.5 Å². The van der Waals surface area contributed by atoms with E-state index in [4.69, 9.17) is 9.47 Å². The van der Waals surface area contributed by atoms with Crippen LogP contribution in [0.3, 0.4) is 0 Å². The van der Waals surface area contributed by atoms with Crippen LogP contribution in [-0.2, 0) is 17.0 Å². The van der Waals surface area contributed by atoms with Crippen molar-refractivity contribution in [3.8, 4) is 11.5 Å². The molecule has 5 rings (SSSR count). The van der Waals surface area contributed by atoms with Gasteiger partial charge in [0.25, 0.3) is 5.91 Å². The lowest BCUT2D eigenvalue weighted by Gasteiger charge is -2.51. The summed E-state index contributed by atoms with van der Waals surface area (Å²) < 4.78 is 10.6. The number of hydrogen-bond donors (Lipinski definition) is 0. The average Bonchev–Trinajstić information content (AvgIpc) is 3.20. The molecule has 1 atom stereocenters. The van der Waals surface area contributed by atoms with Gasteiger partial charge in [-0.15, -0.1) is 0 Å². The molecule has 1 saturated heterocycles. The predicted octanol–water partition coefficient (Wildman–Crippen LogP) is 4.34. The molecule has 6 heteroatoms. The van der Waals surface area contributed by atoms with Gasteiger partial charge < -0.3 is 14.4 Å². The zero-order chi connectivity index (χ0) is 22.3. The number of fused-ring (bicyclic) bond motifs is 3. The van der Waals surface area contributed by atoms with Crippen LogP contribution in [0.4, 0.5) is 5.69 Å². The van der Waals surface area contributed by atoms with Gasteiger partial charge in [0.1, 0.15) is 17.2 Å². The number of ether oxygens (including phenoxy) is 2. The van der Waals surface area contributed by atoms with Crippen LogP contribution < -0.4 is 14.4 Å².